The number of esters is 1. The Bertz CT molecular complexity index is 614. The molecular formula is C18H24N2O5. The second kappa shape index (κ2) is 9.15. The molecule has 1 amide bonds. The molecule has 0 aliphatic carbocycles. The van der Waals surface area contributed by atoms with Gasteiger partial charge in [-0.25, -0.2) is 0 Å². The molecular weight excluding hydrogens is 324 g/mol. The lowest BCUT2D eigenvalue weighted by atomic mass is 9.98. The summed E-state index contributed by atoms with van der Waals surface area (Å²) >= 11 is 0. The molecule has 0 spiro atoms. The van der Waals surface area contributed by atoms with E-state index in [1.54, 1.807) is 0 Å². The minimum absolute atomic E-state index is 0.0386. The highest BCUT2D eigenvalue weighted by Crippen LogP contribution is 2.28. The second-order valence-corrected chi connectivity index (χ2v) is 6.40. The lowest BCUT2D eigenvalue weighted by Gasteiger charge is -2.08. The molecule has 0 saturated carbocycles. The summed E-state index contributed by atoms with van der Waals surface area (Å²) < 4.78 is 5.35. The van der Waals surface area contributed by atoms with Crippen LogP contribution in [0.15, 0.2) is 24.3 Å². The van der Waals surface area contributed by atoms with Crippen molar-refractivity contribution in [1.82, 2.24) is 0 Å². The van der Waals surface area contributed by atoms with Crippen molar-refractivity contribution in [3.05, 3.63) is 34.4 Å². The van der Waals surface area contributed by atoms with Gasteiger partial charge in [-0.2, -0.15) is 0 Å². The van der Waals surface area contributed by atoms with Gasteiger partial charge in [-0.15, -0.1) is 0 Å². The Morgan fingerprint density at radius 3 is 2.64 bits per heavy atom. The lowest BCUT2D eigenvalue weighted by molar-refractivity contribution is -0.384. The molecule has 0 unspecified atom stereocenters. The number of nitrogens with zero attached hydrogens (tertiary/aromatic N) is 1. The Labute approximate surface area is 146 Å². The molecule has 7 heteroatoms. The van der Waals surface area contributed by atoms with Crippen molar-refractivity contribution in [3.8, 4) is 0 Å². The van der Waals surface area contributed by atoms with Crippen LogP contribution in [0.2, 0.25) is 0 Å². The summed E-state index contributed by atoms with van der Waals surface area (Å²) in [5.41, 5.74) is 0.432. The molecule has 1 aromatic rings. The van der Waals surface area contributed by atoms with Crippen molar-refractivity contribution < 1.29 is 19.2 Å². The highest BCUT2D eigenvalue weighted by molar-refractivity contribution is 5.93. The molecule has 7 nitrogen and oxygen atoms in total. The van der Waals surface area contributed by atoms with E-state index in [9.17, 15) is 19.7 Å². The molecule has 0 radical (unpaired) electrons. The van der Waals surface area contributed by atoms with E-state index < -0.39 is 10.8 Å². The second-order valence-electron chi connectivity index (χ2n) is 6.40. The van der Waals surface area contributed by atoms with Crippen LogP contribution in [-0.2, 0) is 14.3 Å². The Morgan fingerprint density at radius 1 is 1.28 bits per heavy atom. The third-order valence-electron chi connectivity index (χ3n) is 4.34. The van der Waals surface area contributed by atoms with E-state index in [1.165, 1.54) is 30.7 Å². The first kappa shape index (κ1) is 18.9. The van der Waals surface area contributed by atoms with E-state index in [-0.39, 0.29) is 30.1 Å². The summed E-state index contributed by atoms with van der Waals surface area (Å²) in [5, 5.41) is 13.3. The maximum atomic E-state index is 12.1. The van der Waals surface area contributed by atoms with Crippen LogP contribution in [-0.4, -0.2) is 22.9 Å². The van der Waals surface area contributed by atoms with Gasteiger partial charge in [0.25, 0.3) is 5.69 Å². The van der Waals surface area contributed by atoms with Crippen LogP contribution < -0.4 is 5.32 Å². The van der Waals surface area contributed by atoms with Gasteiger partial charge in [0.05, 0.1) is 10.8 Å². The number of anilines is 1. The highest BCUT2D eigenvalue weighted by Gasteiger charge is 2.35. The topological polar surface area (TPSA) is 98.5 Å². The molecule has 1 aliphatic heterocycles. The molecule has 1 fully saturated rings. The SMILES string of the molecule is CCCCCC[C@H]1C[C@H](CC(=O)Nc2ccc([N+](=O)[O-])cc2)C(=O)O1. The summed E-state index contributed by atoms with van der Waals surface area (Å²) in [6.45, 7) is 2.15. The number of nitro benzene ring substituents is 1. The van der Waals surface area contributed by atoms with E-state index in [0.717, 1.165) is 25.7 Å². The maximum absolute atomic E-state index is 12.1. The zero-order valence-electron chi connectivity index (χ0n) is 14.4. The summed E-state index contributed by atoms with van der Waals surface area (Å²) in [4.78, 5) is 34.1. The highest BCUT2D eigenvalue weighted by atomic mass is 16.6. The molecule has 1 N–H and O–H groups in total. The Balaban J connectivity index is 1.78. The fourth-order valence-electron chi connectivity index (χ4n) is 2.97. The van der Waals surface area contributed by atoms with Crippen LogP contribution in [0.4, 0.5) is 11.4 Å². The molecule has 25 heavy (non-hydrogen) atoms. The van der Waals surface area contributed by atoms with Crippen LogP contribution in [0.3, 0.4) is 0 Å². The normalized spacial score (nSPS) is 19.5. The molecule has 1 heterocycles. The van der Waals surface area contributed by atoms with E-state index in [4.69, 9.17) is 4.74 Å². The van der Waals surface area contributed by atoms with E-state index >= 15 is 0 Å². The van der Waals surface area contributed by atoms with Gasteiger partial charge >= 0.3 is 5.97 Å². The van der Waals surface area contributed by atoms with E-state index in [2.05, 4.69) is 12.2 Å². The molecule has 0 aromatic heterocycles. The summed E-state index contributed by atoms with van der Waals surface area (Å²) in [6.07, 6.45) is 5.94. The Kier molecular flexibility index (Phi) is 6.91. The predicted molar refractivity (Wildman–Crippen MR) is 93.1 cm³/mol. The number of non-ortho nitro benzene ring substituents is 1. The summed E-state index contributed by atoms with van der Waals surface area (Å²) in [7, 11) is 0. The third kappa shape index (κ3) is 5.85. The van der Waals surface area contributed by atoms with Crippen LogP contribution >= 0.6 is 0 Å². The van der Waals surface area contributed by atoms with Crippen molar-refractivity contribution in [2.45, 2.75) is 58.0 Å². The van der Waals surface area contributed by atoms with Crippen LogP contribution in [0, 0.1) is 16.0 Å². The quantitative estimate of drug-likeness (QED) is 0.316. The van der Waals surface area contributed by atoms with E-state index in [0.29, 0.717) is 12.1 Å². The summed E-state index contributed by atoms with van der Waals surface area (Å²) in [5.74, 6) is -1.00. The number of cyclic esters (lactones) is 1. The van der Waals surface area contributed by atoms with Crippen molar-refractivity contribution in [2.24, 2.45) is 5.92 Å². The van der Waals surface area contributed by atoms with Gasteiger partial charge in [-0.1, -0.05) is 26.2 Å². The number of unbranched alkanes of at least 4 members (excludes halogenated alkanes) is 3. The van der Waals surface area contributed by atoms with Gasteiger partial charge in [-0.3, -0.25) is 19.7 Å². The van der Waals surface area contributed by atoms with Crippen LogP contribution in [0.5, 0.6) is 0 Å². The number of nitro groups is 1. The monoisotopic (exact) mass is 348 g/mol. The van der Waals surface area contributed by atoms with Crippen molar-refractivity contribution >= 4 is 23.3 Å². The average molecular weight is 348 g/mol. The fourth-order valence-corrected chi connectivity index (χ4v) is 2.97. The number of rotatable bonds is 9. The molecule has 136 valence electrons. The van der Waals surface area contributed by atoms with Gasteiger partial charge in [0.2, 0.25) is 5.91 Å². The number of carbonyl (C=O) groups is 2. The first-order valence-electron chi connectivity index (χ1n) is 8.74. The number of nitrogens with one attached hydrogen (secondary N) is 1. The lowest BCUT2D eigenvalue weighted by Crippen LogP contribution is -2.19. The predicted octanol–water partition coefficient (Wildman–Crippen LogP) is 3.83. The first-order valence-corrected chi connectivity index (χ1v) is 8.74. The summed E-state index contributed by atoms with van der Waals surface area (Å²) in [6, 6.07) is 5.59. The first-order chi connectivity index (χ1) is 12.0. The number of amides is 1. The Hall–Kier alpha value is -2.44. The van der Waals surface area contributed by atoms with Crippen molar-refractivity contribution in [3.63, 3.8) is 0 Å². The smallest absolute Gasteiger partial charge is 0.309 e. The fraction of sp³-hybridized carbons (Fsp3) is 0.556. The number of benzene rings is 1. The van der Waals surface area contributed by atoms with Gasteiger partial charge < -0.3 is 10.1 Å². The van der Waals surface area contributed by atoms with E-state index in [1.807, 2.05) is 0 Å². The molecule has 2 atom stereocenters. The minimum Gasteiger partial charge on any atom is -0.462 e. The third-order valence-corrected chi connectivity index (χ3v) is 4.34. The zero-order chi connectivity index (χ0) is 18.2. The van der Waals surface area contributed by atoms with Gasteiger partial charge in [0.1, 0.15) is 6.10 Å². The Morgan fingerprint density at radius 2 is 2.00 bits per heavy atom. The van der Waals surface area contributed by atoms with Crippen LogP contribution in [0.25, 0.3) is 0 Å². The average Bonchev–Trinajstić information content (AvgIpc) is 2.91. The van der Waals surface area contributed by atoms with Gasteiger partial charge in [-0.05, 0) is 31.4 Å². The minimum atomic E-state index is -0.499. The van der Waals surface area contributed by atoms with Crippen LogP contribution in [0.1, 0.15) is 51.9 Å². The molecule has 2 rings (SSSR count). The molecule has 1 saturated heterocycles. The molecule has 1 aromatic carbocycles. The molecule has 1 aliphatic rings. The largest absolute Gasteiger partial charge is 0.462 e. The number of carbonyl (C=O) groups excluding carboxylic acids is 2. The number of hydrogen-bond donors (Lipinski definition) is 1. The maximum Gasteiger partial charge on any atom is 0.309 e. The zero-order valence-corrected chi connectivity index (χ0v) is 14.4. The van der Waals surface area contributed by atoms with Crippen molar-refractivity contribution in [2.75, 3.05) is 5.32 Å². The standard InChI is InChI=1S/C18H24N2O5/c1-2-3-4-5-6-16-11-13(18(22)25-16)12-17(21)19-14-7-9-15(10-8-14)20(23)24/h7-10,13,16H,2-6,11-12H2,1H3,(H,19,21)/t13-,16+/m1/s1. The van der Waals surface area contributed by atoms with Crippen molar-refractivity contribution in [1.29, 1.82) is 0 Å². The molecule has 0 bridgehead atoms. The number of hydrogen-bond acceptors (Lipinski definition) is 5. The van der Waals surface area contributed by atoms with Gasteiger partial charge in [0, 0.05) is 24.2 Å². The van der Waals surface area contributed by atoms with Gasteiger partial charge in [0.15, 0.2) is 0 Å². The number of ether oxygens (including phenoxy) is 1.